The van der Waals surface area contributed by atoms with Crippen molar-refractivity contribution in [3.05, 3.63) is 36.7 Å². The van der Waals surface area contributed by atoms with Crippen molar-refractivity contribution in [1.29, 1.82) is 0 Å². The van der Waals surface area contributed by atoms with Crippen molar-refractivity contribution in [2.75, 3.05) is 6.61 Å². The first-order chi connectivity index (χ1) is 7.90. The van der Waals surface area contributed by atoms with Gasteiger partial charge in [0, 0.05) is 31.2 Å². The van der Waals surface area contributed by atoms with E-state index in [1.54, 1.807) is 35.7 Å². The van der Waals surface area contributed by atoms with Crippen LogP contribution in [0.2, 0.25) is 0 Å². The van der Waals surface area contributed by atoms with Gasteiger partial charge in [0.1, 0.15) is 6.33 Å². The van der Waals surface area contributed by atoms with Gasteiger partial charge >= 0.3 is 0 Å². The minimum absolute atomic E-state index is 0.0704. The highest BCUT2D eigenvalue weighted by molar-refractivity contribution is 5.30. The van der Waals surface area contributed by atoms with Crippen LogP contribution in [-0.4, -0.2) is 31.2 Å². The average molecular weight is 214 g/mol. The molecule has 0 spiro atoms. The van der Waals surface area contributed by atoms with Crippen LogP contribution in [0.3, 0.4) is 0 Å². The Morgan fingerprint density at radius 2 is 2.12 bits per heavy atom. The van der Waals surface area contributed by atoms with E-state index in [1.165, 1.54) is 0 Å². The van der Waals surface area contributed by atoms with E-state index in [-0.39, 0.29) is 6.61 Å². The molecule has 0 saturated heterocycles. The third-order valence-electron chi connectivity index (χ3n) is 1.84. The molecular formula is C11H10N4O. The lowest BCUT2D eigenvalue weighted by Gasteiger charge is -1.98. The molecule has 0 amide bonds. The van der Waals surface area contributed by atoms with Crippen molar-refractivity contribution in [3.63, 3.8) is 0 Å². The van der Waals surface area contributed by atoms with Crippen LogP contribution in [0, 0.1) is 11.8 Å². The summed E-state index contributed by atoms with van der Waals surface area (Å²) in [6.07, 6.45) is 8.82. The summed E-state index contributed by atoms with van der Waals surface area (Å²) in [5.74, 6) is 6.22. The highest BCUT2D eigenvalue weighted by Gasteiger charge is 1.97. The summed E-state index contributed by atoms with van der Waals surface area (Å²) in [6.45, 7) is 0.0704. The molecule has 2 aromatic rings. The molecule has 0 fully saturated rings. The molecule has 0 bridgehead atoms. The molecule has 0 aromatic carbocycles. The average Bonchev–Trinajstić information content (AvgIpc) is 2.84. The Labute approximate surface area is 92.8 Å². The largest absolute Gasteiger partial charge is 0.395 e. The van der Waals surface area contributed by atoms with Crippen molar-refractivity contribution >= 4 is 0 Å². The lowest BCUT2D eigenvalue weighted by molar-refractivity contribution is 0.305. The number of aromatic nitrogens is 4. The summed E-state index contributed by atoms with van der Waals surface area (Å²) < 4.78 is 1.71. The van der Waals surface area contributed by atoms with Crippen molar-refractivity contribution in [2.45, 2.75) is 6.42 Å². The summed E-state index contributed by atoms with van der Waals surface area (Å²) in [5.41, 5.74) is 0.734. The molecule has 0 aliphatic carbocycles. The van der Waals surface area contributed by atoms with Gasteiger partial charge in [0.25, 0.3) is 0 Å². The maximum atomic E-state index is 8.57. The van der Waals surface area contributed by atoms with Crippen molar-refractivity contribution in [1.82, 2.24) is 19.5 Å². The second-order valence-corrected chi connectivity index (χ2v) is 3.02. The SMILES string of the molecule is OCCC#Cc1cnc(-n2ccnc2)nc1. The van der Waals surface area contributed by atoms with E-state index < -0.39 is 0 Å². The molecular weight excluding hydrogens is 204 g/mol. The molecule has 0 saturated carbocycles. The van der Waals surface area contributed by atoms with Gasteiger partial charge in [-0.15, -0.1) is 0 Å². The fourth-order valence-corrected chi connectivity index (χ4v) is 1.12. The number of rotatable bonds is 2. The first-order valence-electron chi connectivity index (χ1n) is 4.80. The Bertz CT molecular complexity index is 493. The number of nitrogens with zero attached hydrogens (tertiary/aromatic N) is 4. The van der Waals surface area contributed by atoms with E-state index in [0.29, 0.717) is 12.4 Å². The quantitative estimate of drug-likeness (QED) is 0.735. The van der Waals surface area contributed by atoms with E-state index in [4.69, 9.17) is 5.11 Å². The van der Waals surface area contributed by atoms with Crippen LogP contribution in [-0.2, 0) is 0 Å². The second kappa shape index (κ2) is 5.05. The summed E-state index contributed by atoms with van der Waals surface area (Å²) in [7, 11) is 0. The summed E-state index contributed by atoms with van der Waals surface area (Å²) in [5, 5.41) is 8.57. The molecule has 16 heavy (non-hydrogen) atoms. The molecule has 0 unspecified atom stereocenters. The van der Waals surface area contributed by atoms with Gasteiger partial charge in [0.15, 0.2) is 0 Å². The highest BCUT2D eigenvalue weighted by atomic mass is 16.2. The van der Waals surface area contributed by atoms with Gasteiger partial charge in [0.05, 0.1) is 12.2 Å². The Hall–Kier alpha value is -2.19. The molecule has 5 heteroatoms. The van der Waals surface area contributed by atoms with Gasteiger partial charge in [0.2, 0.25) is 5.95 Å². The van der Waals surface area contributed by atoms with Crippen LogP contribution in [0.5, 0.6) is 0 Å². The van der Waals surface area contributed by atoms with E-state index in [9.17, 15) is 0 Å². The molecule has 0 atom stereocenters. The van der Waals surface area contributed by atoms with Gasteiger partial charge < -0.3 is 5.11 Å². The smallest absolute Gasteiger partial charge is 0.234 e. The highest BCUT2D eigenvalue weighted by Crippen LogP contribution is 1.99. The minimum atomic E-state index is 0.0704. The molecule has 0 aliphatic rings. The van der Waals surface area contributed by atoms with Gasteiger partial charge in [-0.3, -0.25) is 4.57 Å². The van der Waals surface area contributed by atoms with Crippen LogP contribution in [0.15, 0.2) is 31.1 Å². The topological polar surface area (TPSA) is 63.8 Å². The number of aliphatic hydroxyl groups excluding tert-OH is 1. The first-order valence-corrected chi connectivity index (χ1v) is 4.80. The third kappa shape index (κ3) is 2.43. The number of hydrogen-bond donors (Lipinski definition) is 1. The third-order valence-corrected chi connectivity index (χ3v) is 1.84. The van der Waals surface area contributed by atoms with Crippen molar-refractivity contribution < 1.29 is 5.11 Å². The second-order valence-electron chi connectivity index (χ2n) is 3.02. The Kier molecular flexibility index (Phi) is 3.26. The molecule has 80 valence electrons. The van der Waals surface area contributed by atoms with Crippen LogP contribution < -0.4 is 0 Å². The Balaban J connectivity index is 2.15. The lowest BCUT2D eigenvalue weighted by atomic mass is 10.3. The predicted octanol–water partition coefficient (Wildman–Crippen LogP) is 0.396. The molecule has 0 radical (unpaired) electrons. The van der Waals surface area contributed by atoms with Crippen LogP contribution in [0.1, 0.15) is 12.0 Å². The fraction of sp³-hybridized carbons (Fsp3) is 0.182. The van der Waals surface area contributed by atoms with Gasteiger partial charge in [-0.25, -0.2) is 15.0 Å². The van der Waals surface area contributed by atoms with Gasteiger partial charge in [-0.2, -0.15) is 0 Å². The molecule has 5 nitrogen and oxygen atoms in total. The zero-order valence-corrected chi connectivity index (χ0v) is 8.54. The van der Waals surface area contributed by atoms with Crippen molar-refractivity contribution in [2.24, 2.45) is 0 Å². The van der Waals surface area contributed by atoms with Crippen LogP contribution in [0.25, 0.3) is 5.95 Å². The zero-order valence-electron chi connectivity index (χ0n) is 8.54. The van der Waals surface area contributed by atoms with Gasteiger partial charge in [-0.05, 0) is 0 Å². The number of imidazole rings is 1. The summed E-state index contributed by atoms with van der Waals surface area (Å²) in [6, 6.07) is 0. The first kappa shape index (κ1) is 10.3. The molecule has 0 aliphatic heterocycles. The summed E-state index contributed by atoms with van der Waals surface area (Å²) >= 11 is 0. The van der Waals surface area contributed by atoms with E-state index in [1.807, 2.05) is 0 Å². The standard InChI is InChI=1S/C11H10N4O/c16-6-2-1-3-10-7-13-11(14-8-10)15-5-4-12-9-15/h4-5,7-9,16H,2,6H2. The molecule has 2 rings (SSSR count). The van der Waals surface area contributed by atoms with Crippen LogP contribution in [0.4, 0.5) is 0 Å². The Morgan fingerprint density at radius 3 is 2.75 bits per heavy atom. The maximum absolute atomic E-state index is 8.57. The maximum Gasteiger partial charge on any atom is 0.234 e. The molecule has 1 N–H and O–H groups in total. The van der Waals surface area contributed by atoms with E-state index in [2.05, 4.69) is 26.8 Å². The molecule has 2 heterocycles. The number of aliphatic hydroxyl groups is 1. The van der Waals surface area contributed by atoms with Gasteiger partial charge in [-0.1, -0.05) is 11.8 Å². The van der Waals surface area contributed by atoms with Crippen molar-refractivity contribution in [3.8, 4) is 17.8 Å². The predicted molar refractivity (Wildman–Crippen MR) is 57.7 cm³/mol. The minimum Gasteiger partial charge on any atom is -0.395 e. The fourth-order valence-electron chi connectivity index (χ4n) is 1.12. The zero-order chi connectivity index (χ0) is 11.2. The van der Waals surface area contributed by atoms with E-state index >= 15 is 0 Å². The molecule has 2 aromatic heterocycles. The van der Waals surface area contributed by atoms with E-state index in [0.717, 1.165) is 5.56 Å². The lowest BCUT2D eigenvalue weighted by Crippen LogP contribution is -1.97. The number of hydrogen-bond acceptors (Lipinski definition) is 4. The summed E-state index contributed by atoms with van der Waals surface area (Å²) in [4.78, 5) is 12.2. The van der Waals surface area contributed by atoms with Crippen LogP contribution >= 0.6 is 0 Å². The normalized spacial score (nSPS) is 9.56. The Morgan fingerprint density at radius 1 is 1.31 bits per heavy atom. The monoisotopic (exact) mass is 214 g/mol.